The van der Waals surface area contributed by atoms with Crippen molar-refractivity contribution in [3.63, 3.8) is 0 Å². The summed E-state index contributed by atoms with van der Waals surface area (Å²) >= 11 is 0. The van der Waals surface area contributed by atoms with E-state index >= 15 is 0 Å². The third-order valence-corrected chi connectivity index (χ3v) is 7.88. The van der Waals surface area contributed by atoms with Crippen molar-refractivity contribution in [1.82, 2.24) is 19.4 Å². The van der Waals surface area contributed by atoms with Crippen LogP contribution in [0, 0.1) is 0 Å². The first-order valence-corrected chi connectivity index (χ1v) is 12.0. The second-order valence-corrected chi connectivity index (χ2v) is 9.72. The standard InChI is InChI=1S/C31H18N4/c1-2-6-21-17(5-1)11-18-12-19-13-20-14-28-27(16-26(20)25(19)15-24(18)21)34-31-29-22(7-3-9-32-29)23-8-4-10-33-30(23)35(28)31/h1-10,12,14-16H,11,13H2. The van der Waals surface area contributed by atoms with Crippen LogP contribution in [0.1, 0.15) is 22.3 Å². The van der Waals surface area contributed by atoms with Gasteiger partial charge in [0, 0.05) is 23.2 Å². The molecule has 0 atom stereocenters. The minimum Gasteiger partial charge on any atom is -0.274 e. The quantitative estimate of drug-likeness (QED) is 0.243. The SMILES string of the molecule is c1ccc2c(c1)Cc1cc3c(cc1-2)-c1cc2nc4c5ncccc5c5cccnc5n4c2cc1C3. The lowest BCUT2D eigenvalue weighted by atomic mass is 9.98. The number of hydrogen-bond donors (Lipinski definition) is 0. The van der Waals surface area contributed by atoms with Gasteiger partial charge >= 0.3 is 0 Å². The highest BCUT2D eigenvalue weighted by molar-refractivity contribution is 6.11. The van der Waals surface area contributed by atoms with Gasteiger partial charge in [0.1, 0.15) is 11.2 Å². The summed E-state index contributed by atoms with van der Waals surface area (Å²) in [5.74, 6) is 0. The number of imidazole rings is 1. The lowest BCUT2D eigenvalue weighted by Crippen LogP contribution is -1.95. The number of rotatable bonds is 0. The van der Waals surface area contributed by atoms with Gasteiger partial charge in [-0.3, -0.25) is 9.38 Å². The summed E-state index contributed by atoms with van der Waals surface area (Å²) in [6.07, 6.45) is 5.69. The Kier molecular flexibility index (Phi) is 3.11. The summed E-state index contributed by atoms with van der Waals surface area (Å²) < 4.78 is 2.19. The van der Waals surface area contributed by atoms with Crippen LogP contribution >= 0.6 is 0 Å². The largest absolute Gasteiger partial charge is 0.274 e. The fourth-order valence-corrected chi connectivity index (χ4v) is 6.36. The number of nitrogens with zero attached hydrogens (tertiary/aromatic N) is 4. The van der Waals surface area contributed by atoms with Crippen molar-refractivity contribution in [2.75, 3.05) is 0 Å². The van der Waals surface area contributed by atoms with Crippen LogP contribution < -0.4 is 0 Å². The van der Waals surface area contributed by atoms with Crippen LogP contribution in [0.4, 0.5) is 0 Å². The van der Waals surface area contributed by atoms with Gasteiger partial charge in [0.25, 0.3) is 0 Å². The Morgan fingerprint density at radius 2 is 1.31 bits per heavy atom. The van der Waals surface area contributed by atoms with Gasteiger partial charge in [-0.15, -0.1) is 0 Å². The summed E-state index contributed by atoms with van der Waals surface area (Å²) in [7, 11) is 0. The van der Waals surface area contributed by atoms with E-state index in [9.17, 15) is 0 Å². The molecule has 7 aromatic rings. The molecule has 0 radical (unpaired) electrons. The molecule has 9 rings (SSSR count). The van der Waals surface area contributed by atoms with Crippen molar-refractivity contribution in [3.8, 4) is 22.3 Å². The van der Waals surface area contributed by atoms with Crippen LogP contribution in [0.3, 0.4) is 0 Å². The highest BCUT2D eigenvalue weighted by Gasteiger charge is 2.26. The Hall–Kier alpha value is -4.57. The van der Waals surface area contributed by atoms with E-state index in [4.69, 9.17) is 15.0 Å². The molecule has 2 aliphatic carbocycles. The van der Waals surface area contributed by atoms with Gasteiger partial charge in [-0.2, -0.15) is 0 Å². The van der Waals surface area contributed by atoms with Gasteiger partial charge in [0.05, 0.1) is 11.0 Å². The molecule has 0 unspecified atom stereocenters. The molecular weight excluding hydrogens is 428 g/mol. The van der Waals surface area contributed by atoms with Crippen molar-refractivity contribution in [2.45, 2.75) is 12.8 Å². The third-order valence-electron chi connectivity index (χ3n) is 7.88. The Labute approximate surface area is 200 Å². The van der Waals surface area contributed by atoms with E-state index in [2.05, 4.69) is 65.1 Å². The molecule has 0 N–H and O–H groups in total. The molecule has 0 bridgehead atoms. The molecule has 4 nitrogen and oxygen atoms in total. The first-order valence-electron chi connectivity index (χ1n) is 12.0. The molecule has 3 aromatic carbocycles. The highest BCUT2D eigenvalue weighted by atomic mass is 15.1. The molecule has 0 fully saturated rings. The predicted octanol–water partition coefficient (Wildman–Crippen LogP) is 6.73. The fraction of sp³-hybridized carbons (Fsp3) is 0.0645. The zero-order valence-corrected chi connectivity index (χ0v) is 18.8. The first-order chi connectivity index (χ1) is 17.3. The number of fused-ring (bicyclic) bond motifs is 14. The molecular formula is C31H18N4. The van der Waals surface area contributed by atoms with E-state index in [1.165, 1.54) is 44.5 Å². The minimum absolute atomic E-state index is 0.869. The van der Waals surface area contributed by atoms with E-state index in [0.29, 0.717) is 0 Å². The molecule has 35 heavy (non-hydrogen) atoms. The Morgan fingerprint density at radius 1 is 0.571 bits per heavy atom. The van der Waals surface area contributed by atoms with Crippen molar-refractivity contribution < 1.29 is 0 Å². The normalized spacial score (nSPS) is 13.5. The summed E-state index contributed by atoms with van der Waals surface area (Å²) in [6, 6.07) is 26.5. The van der Waals surface area contributed by atoms with E-state index in [1.807, 2.05) is 24.5 Å². The van der Waals surface area contributed by atoms with Crippen LogP contribution in [0.2, 0.25) is 0 Å². The molecule has 4 heteroatoms. The maximum absolute atomic E-state index is 5.11. The van der Waals surface area contributed by atoms with Crippen LogP contribution in [-0.2, 0) is 12.8 Å². The van der Waals surface area contributed by atoms with Gasteiger partial charge < -0.3 is 0 Å². The zero-order chi connectivity index (χ0) is 22.7. The van der Waals surface area contributed by atoms with Crippen LogP contribution in [0.25, 0.3) is 60.9 Å². The lowest BCUT2D eigenvalue weighted by molar-refractivity contribution is 1.20. The van der Waals surface area contributed by atoms with E-state index in [-0.39, 0.29) is 0 Å². The average Bonchev–Trinajstić information content (AvgIpc) is 3.56. The summed E-state index contributed by atoms with van der Waals surface area (Å²) in [5.41, 5.74) is 15.9. The summed E-state index contributed by atoms with van der Waals surface area (Å²) in [5, 5.41) is 2.19. The Morgan fingerprint density at radius 3 is 2.26 bits per heavy atom. The molecule has 4 heterocycles. The van der Waals surface area contributed by atoms with E-state index < -0.39 is 0 Å². The van der Waals surface area contributed by atoms with Gasteiger partial charge in [-0.1, -0.05) is 36.4 Å². The maximum atomic E-state index is 5.11. The second kappa shape index (κ2) is 6.10. The van der Waals surface area contributed by atoms with Gasteiger partial charge in [0.2, 0.25) is 0 Å². The Balaban J connectivity index is 1.35. The monoisotopic (exact) mass is 446 g/mol. The molecule has 162 valence electrons. The molecule has 0 saturated heterocycles. The van der Waals surface area contributed by atoms with Crippen molar-refractivity contribution in [3.05, 3.63) is 107 Å². The lowest BCUT2D eigenvalue weighted by Gasteiger charge is -2.07. The highest BCUT2D eigenvalue weighted by Crippen LogP contribution is 2.46. The zero-order valence-electron chi connectivity index (χ0n) is 18.8. The molecule has 0 saturated carbocycles. The van der Waals surface area contributed by atoms with Crippen LogP contribution in [0.15, 0.2) is 85.2 Å². The van der Waals surface area contributed by atoms with Gasteiger partial charge in [0.15, 0.2) is 5.65 Å². The molecule has 0 aliphatic heterocycles. The Bertz CT molecular complexity index is 2070. The number of hydrogen-bond acceptors (Lipinski definition) is 3. The first kappa shape index (κ1) is 17.8. The summed E-state index contributed by atoms with van der Waals surface area (Å²) in [4.78, 5) is 14.6. The van der Waals surface area contributed by atoms with E-state index in [1.54, 1.807) is 0 Å². The van der Waals surface area contributed by atoms with E-state index in [0.717, 1.165) is 51.5 Å². The van der Waals surface area contributed by atoms with Gasteiger partial charge in [-0.05, 0) is 93.7 Å². The second-order valence-electron chi connectivity index (χ2n) is 9.72. The topological polar surface area (TPSA) is 43.1 Å². The maximum Gasteiger partial charge on any atom is 0.166 e. The number of aromatic nitrogens is 4. The van der Waals surface area contributed by atoms with Crippen molar-refractivity contribution >= 4 is 38.6 Å². The van der Waals surface area contributed by atoms with Crippen molar-refractivity contribution in [1.29, 1.82) is 0 Å². The molecule has 0 amide bonds. The van der Waals surface area contributed by atoms with Gasteiger partial charge in [-0.25, -0.2) is 9.97 Å². The summed E-state index contributed by atoms with van der Waals surface area (Å²) in [6.45, 7) is 0. The molecule has 4 aromatic heterocycles. The number of pyridine rings is 3. The third kappa shape index (κ3) is 2.20. The minimum atomic E-state index is 0.869. The number of benzene rings is 3. The van der Waals surface area contributed by atoms with Crippen LogP contribution in [0.5, 0.6) is 0 Å². The average molecular weight is 447 g/mol. The predicted molar refractivity (Wildman–Crippen MR) is 140 cm³/mol. The fourth-order valence-electron chi connectivity index (χ4n) is 6.36. The molecule has 0 spiro atoms. The smallest absolute Gasteiger partial charge is 0.166 e. The van der Waals surface area contributed by atoms with Crippen LogP contribution in [-0.4, -0.2) is 19.4 Å². The van der Waals surface area contributed by atoms with Crippen molar-refractivity contribution in [2.24, 2.45) is 0 Å². The molecule has 2 aliphatic rings.